The lowest BCUT2D eigenvalue weighted by Gasteiger charge is -2.37. The third-order valence-corrected chi connectivity index (χ3v) is 5.56. The largest absolute Gasteiger partial charge is 0.481 e. The molecule has 0 aromatic carbocycles. The number of thiophene rings is 1. The molecule has 2 N–H and O–H groups in total. The molecule has 22 heavy (non-hydrogen) atoms. The fraction of sp³-hybridized carbons (Fsp3) is 0.625. The average molecular weight is 324 g/mol. The Hall–Kier alpha value is -1.56. The highest BCUT2D eigenvalue weighted by molar-refractivity contribution is 7.10. The van der Waals surface area contributed by atoms with Crippen LogP contribution in [0.4, 0.5) is 4.79 Å². The topological polar surface area (TPSA) is 69.6 Å². The van der Waals surface area contributed by atoms with Gasteiger partial charge in [0, 0.05) is 30.4 Å². The van der Waals surface area contributed by atoms with Gasteiger partial charge in [-0.3, -0.25) is 4.79 Å². The summed E-state index contributed by atoms with van der Waals surface area (Å²) in [6.45, 7) is 0.858. The van der Waals surface area contributed by atoms with Gasteiger partial charge < -0.3 is 15.3 Å². The van der Waals surface area contributed by atoms with Crippen LogP contribution < -0.4 is 5.32 Å². The molecule has 1 saturated carbocycles. The van der Waals surface area contributed by atoms with Gasteiger partial charge in [-0.05, 0) is 24.3 Å². The van der Waals surface area contributed by atoms with E-state index in [-0.39, 0.29) is 24.4 Å². The van der Waals surface area contributed by atoms with E-state index in [1.807, 2.05) is 0 Å². The molecule has 0 saturated heterocycles. The summed E-state index contributed by atoms with van der Waals surface area (Å²) >= 11 is 1.76. The average Bonchev–Trinajstić information content (AvgIpc) is 3.06. The number of carbonyl (C=O) groups is 2. The highest BCUT2D eigenvalue weighted by Gasteiger charge is 2.35. The molecule has 0 atom stereocenters. The van der Waals surface area contributed by atoms with E-state index in [4.69, 9.17) is 5.11 Å². The molecule has 1 aromatic heterocycles. The number of carboxylic acids is 1. The zero-order chi connectivity index (χ0) is 16.0. The number of rotatable bonds is 6. The summed E-state index contributed by atoms with van der Waals surface area (Å²) in [5.41, 5.74) is 0.0513. The van der Waals surface area contributed by atoms with Crippen molar-refractivity contribution in [3.63, 3.8) is 0 Å². The van der Waals surface area contributed by atoms with Crippen LogP contribution >= 0.6 is 11.3 Å². The monoisotopic (exact) mass is 324 g/mol. The minimum atomic E-state index is -0.887. The molecule has 1 aliphatic carbocycles. The van der Waals surface area contributed by atoms with Crippen LogP contribution in [0, 0.1) is 0 Å². The normalized spacial score (nSPS) is 17.0. The molecule has 0 spiro atoms. The maximum atomic E-state index is 12.1. The van der Waals surface area contributed by atoms with Gasteiger partial charge >= 0.3 is 12.0 Å². The number of nitrogens with one attached hydrogen (secondary N) is 1. The maximum absolute atomic E-state index is 12.1. The Morgan fingerprint density at radius 1 is 1.36 bits per heavy atom. The minimum absolute atomic E-state index is 0.0278. The van der Waals surface area contributed by atoms with Crippen LogP contribution in [0.3, 0.4) is 0 Å². The Morgan fingerprint density at radius 2 is 2.09 bits per heavy atom. The van der Waals surface area contributed by atoms with Crippen LogP contribution in [0.15, 0.2) is 17.5 Å². The number of hydrogen-bond donors (Lipinski definition) is 2. The molecule has 1 aliphatic rings. The summed E-state index contributed by atoms with van der Waals surface area (Å²) in [6.07, 6.45) is 5.84. The smallest absolute Gasteiger partial charge is 0.317 e. The van der Waals surface area contributed by atoms with E-state index in [1.165, 1.54) is 29.0 Å². The van der Waals surface area contributed by atoms with E-state index in [0.717, 1.165) is 12.8 Å². The summed E-state index contributed by atoms with van der Waals surface area (Å²) in [5.74, 6) is -0.887. The molecule has 0 unspecified atom stereocenters. The van der Waals surface area contributed by atoms with Gasteiger partial charge in [-0.25, -0.2) is 4.79 Å². The summed E-state index contributed by atoms with van der Waals surface area (Å²) in [6, 6.07) is 4.04. The fourth-order valence-electron chi connectivity index (χ4n) is 3.06. The van der Waals surface area contributed by atoms with E-state index in [1.54, 1.807) is 18.4 Å². The molecular weight excluding hydrogens is 300 g/mol. The van der Waals surface area contributed by atoms with Crippen molar-refractivity contribution in [2.45, 2.75) is 43.9 Å². The van der Waals surface area contributed by atoms with Crippen LogP contribution in [-0.4, -0.2) is 42.1 Å². The molecule has 5 nitrogen and oxygen atoms in total. The van der Waals surface area contributed by atoms with E-state index >= 15 is 0 Å². The van der Waals surface area contributed by atoms with E-state index in [2.05, 4.69) is 22.8 Å². The molecule has 0 aliphatic heterocycles. The van der Waals surface area contributed by atoms with Crippen molar-refractivity contribution in [3.8, 4) is 0 Å². The molecule has 2 amide bonds. The molecule has 6 heteroatoms. The Morgan fingerprint density at radius 3 is 2.68 bits per heavy atom. The van der Waals surface area contributed by atoms with Crippen molar-refractivity contribution in [3.05, 3.63) is 22.4 Å². The maximum Gasteiger partial charge on any atom is 0.317 e. The summed E-state index contributed by atoms with van der Waals surface area (Å²) < 4.78 is 0. The van der Waals surface area contributed by atoms with Crippen molar-refractivity contribution in [1.29, 1.82) is 0 Å². The van der Waals surface area contributed by atoms with Crippen molar-refractivity contribution in [1.82, 2.24) is 10.2 Å². The van der Waals surface area contributed by atoms with E-state index in [9.17, 15) is 9.59 Å². The number of hydrogen-bond acceptors (Lipinski definition) is 3. The SMILES string of the molecule is CN(CCC(=O)O)C(=O)NCC1(c2cccs2)CCCCC1. The lowest BCUT2D eigenvalue weighted by atomic mass is 9.73. The highest BCUT2D eigenvalue weighted by atomic mass is 32.1. The summed E-state index contributed by atoms with van der Waals surface area (Å²) in [4.78, 5) is 25.5. The summed E-state index contributed by atoms with van der Waals surface area (Å²) in [5, 5.41) is 13.8. The predicted molar refractivity (Wildman–Crippen MR) is 87.4 cm³/mol. The van der Waals surface area contributed by atoms with Gasteiger partial charge in [0.25, 0.3) is 0 Å². The van der Waals surface area contributed by atoms with Crippen LogP contribution in [0.1, 0.15) is 43.4 Å². The van der Waals surface area contributed by atoms with E-state index in [0.29, 0.717) is 6.54 Å². The van der Waals surface area contributed by atoms with Crippen LogP contribution in [-0.2, 0) is 10.2 Å². The van der Waals surface area contributed by atoms with Gasteiger partial charge in [0.2, 0.25) is 0 Å². The molecule has 1 aromatic rings. The van der Waals surface area contributed by atoms with Crippen molar-refractivity contribution in [2.24, 2.45) is 0 Å². The zero-order valence-corrected chi connectivity index (χ0v) is 13.8. The van der Waals surface area contributed by atoms with Crippen molar-refractivity contribution < 1.29 is 14.7 Å². The predicted octanol–water partition coefficient (Wildman–Crippen LogP) is 3.07. The number of aliphatic carboxylic acids is 1. The first-order valence-electron chi connectivity index (χ1n) is 7.78. The first-order chi connectivity index (χ1) is 10.5. The quantitative estimate of drug-likeness (QED) is 0.845. The third kappa shape index (κ3) is 4.22. The Balaban J connectivity index is 1.94. The van der Waals surface area contributed by atoms with Crippen LogP contribution in [0.5, 0.6) is 0 Å². The molecule has 1 fully saturated rings. The van der Waals surface area contributed by atoms with Crippen molar-refractivity contribution in [2.75, 3.05) is 20.1 Å². The van der Waals surface area contributed by atoms with E-state index < -0.39 is 5.97 Å². The number of amides is 2. The fourth-order valence-corrected chi connectivity index (χ4v) is 4.05. The molecular formula is C16H24N2O3S. The zero-order valence-electron chi connectivity index (χ0n) is 13.0. The van der Waals surface area contributed by atoms with Gasteiger partial charge in [0.15, 0.2) is 0 Å². The molecule has 0 radical (unpaired) electrons. The Bertz CT molecular complexity index is 495. The van der Waals surface area contributed by atoms with Crippen LogP contribution in [0.2, 0.25) is 0 Å². The first kappa shape index (κ1) is 16.8. The van der Waals surface area contributed by atoms with Gasteiger partial charge in [0.1, 0.15) is 0 Å². The third-order valence-electron chi connectivity index (χ3n) is 4.44. The number of carboxylic acid groups (broad SMARTS) is 1. The summed E-state index contributed by atoms with van der Waals surface area (Å²) in [7, 11) is 1.64. The minimum Gasteiger partial charge on any atom is -0.481 e. The molecule has 2 rings (SSSR count). The highest BCUT2D eigenvalue weighted by Crippen LogP contribution is 2.41. The van der Waals surface area contributed by atoms with Gasteiger partial charge in [-0.2, -0.15) is 0 Å². The Labute approximate surface area is 135 Å². The van der Waals surface area contributed by atoms with Gasteiger partial charge in [0.05, 0.1) is 6.42 Å². The molecule has 122 valence electrons. The second-order valence-corrected chi connectivity index (χ2v) is 6.99. The van der Waals surface area contributed by atoms with Gasteiger partial charge in [-0.15, -0.1) is 11.3 Å². The molecule has 0 bridgehead atoms. The van der Waals surface area contributed by atoms with Gasteiger partial charge in [-0.1, -0.05) is 25.3 Å². The number of carbonyl (C=O) groups excluding carboxylic acids is 1. The van der Waals surface area contributed by atoms with Crippen LogP contribution in [0.25, 0.3) is 0 Å². The number of urea groups is 1. The second-order valence-electron chi connectivity index (χ2n) is 6.04. The number of nitrogens with zero attached hydrogens (tertiary/aromatic N) is 1. The molecule has 1 heterocycles. The first-order valence-corrected chi connectivity index (χ1v) is 8.66. The van der Waals surface area contributed by atoms with Crippen molar-refractivity contribution >= 4 is 23.3 Å². The lowest BCUT2D eigenvalue weighted by molar-refractivity contribution is -0.137. The second kappa shape index (κ2) is 7.63. The lowest BCUT2D eigenvalue weighted by Crippen LogP contribution is -2.46. The standard InChI is InChI=1S/C16H24N2O3S/c1-18(10-7-14(19)20)15(21)17-12-16(8-3-2-4-9-16)13-6-5-11-22-13/h5-6,11H,2-4,7-10,12H2,1H3,(H,17,21)(H,19,20). The Kier molecular flexibility index (Phi) is 5.83.